The Morgan fingerprint density at radius 1 is 1.21 bits per heavy atom. The Balaban J connectivity index is 1.38. The first-order chi connectivity index (χ1) is 13.4. The molecule has 0 spiro atoms. The molecule has 1 saturated heterocycles. The molecule has 1 aliphatic carbocycles. The molecular formula is C19H21F2N5O2. The van der Waals surface area contributed by atoms with E-state index in [4.69, 9.17) is 0 Å². The standard InChI is InChI=1S/C19H21F2N5O2/c20-19(21)8-15(26(12-19)18(28)14-6-7-14)10-25-11-16(23-24-25)17(27)22-9-13-4-2-1-3-5-13/h1-5,11,14-15H,6-10,12H2,(H,22,27)/t15-/m0/s1. The number of benzene rings is 1. The van der Waals surface area contributed by atoms with E-state index in [9.17, 15) is 18.4 Å². The lowest BCUT2D eigenvalue weighted by molar-refractivity contribution is -0.134. The summed E-state index contributed by atoms with van der Waals surface area (Å²) in [7, 11) is 0. The summed E-state index contributed by atoms with van der Waals surface area (Å²) in [5.41, 5.74) is 1.06. The van der Waals surface area contributed by atoms with Crippen LogP contribution < -0.4 is 5.32 Å². The van der Waals surface area contributed by atoms with Crippen LogP contribution in [0.2, 0.25) is 0 Å². The van der Waals surface area contributed by atoms with E-state index in [1.807, 2.05) is 30.3 Å². The molecule has 0 unspecified atom stereocenters. The van der Waals surface area contributed by atoms with Crippen LogP contribution in [-0.2, 0) is 17.9 Å². The zero-order chi connectivity index (χ0) is 19.7. The van der Waals surface area contributed by atoms with Crippen LogP contribution in [0.1, 0.15) is 35.3 Å². The van der Waals surface area contributed by atoms with Gasteiger partial charge in [-0.3, -0.25) is 9.59 Å². The maximum Gasteiger partial charge on any atom is 0.273 e. The van der Waals surface area contributed by atoms with E-state index in [0.29, 0.717) is 6.54 Å². The predicted octanol–water partition coefficient (Wildman–Crippen LogP) is 1.85. The number of nitrogens with zero attached hydrogens (tertiary/aromatic N) is 4. The van der Waals surface area contributed by atoms with Gasteiger partial charge in [0.05, 0.1) is 25.3 Å². The Morgan fingerprint density at radius 3 is 2.68 bits per heavy atom. The van der Waals surface area contributed by atoms with Crippen molar-refractivity contribution in [1.29, 1.82) is 0 Å². The average Bonchev–Trinajstić information content (AvgIpc) is 3.35. The SMILES string of the molecule is O=C(NCc1ccccc1)c1cn(C[C@@H]2CC(F)(F)CN2C(=O)C2CC2)nn1. The number of nitrogens with one attached hydrogen (secondary N) is 1. The Kier molecular flexibility index (Phi) is 4.82. The number of amides is 2. The summed E-state index contributed by atoms with van der Waals surface area (Å²) < 4.78 is 29.1. The van der Waals surface area contributed by atoms with Crippen LogP contribution >= 0.6 is 0 Å². The Morgan fingerprint density at radius 2 is 1.96 bits per heavy atom. The summed E-state index contributed by atoms with van der Waals surface area (Å²) in [6.45, 7) is -0.107. The Hall–Kier alpha value is -2.84. The number of hydrogen-bond acceptors (Lipinski definition) is 4. The lowest BCUT2D eigenvalue weighted by Crippen LogP contribution is -2.39. The topological polar surface area (TPSA) is 80.1 Å². The van der Waals surface area contributed by atoms with Crippen molar-refractivity contribution in [2.45, 2.75) is 44.3 Å². The van der Waals surface area contributed by atoms with E-state index in [-0.39, 0.29) is 24.1 Å². The number of aromatic nitrogens is 3. The number of rotatable bonds is 6. The zero-order valence-electron chi connectivity index (χ0n) is 15.2. The molecule has 0 bridgehead atoms. The molecule has 0 radical (unpaired) electrons. The number of carbonyl (C=O) groups excluding carboxylic acids is 2. The maximum absolute atomic E-state index is 13.9. The van der Waals surface area contributed by atoms with Gasteiger partial charge in [-0.15, -0.1) is 5.10 Å². The molecule has 28 heavy (non-hydrogen) atoms. The van der Waals surface area contributed by atoms with Gasteiger partial charge >= 0.3 is 0 Å². The van der Waals surface area contributed by atoms with E-state index >= 15 is 0 Å². The van der Waals surface area contributed by atoms with E-state index in [0.717, 1.165) is 18.4 Å². The van der Waals surface area contributed by atoms with Gasteiger partial charge < -0.3 is 10.2 Å². The lowest BCUT2D eigenvalue weighted by atomic mass is 10.2. The van der Waals surface area contributed by atoms with Gasteiger partial charge in [-0.05, 0) is 18.4 Å². The molecule has 2 aromatic rings. The van der Waals surface area contributed by atoms with Gasteiger partial charge in [-0.25, -0.2) is 13.5 Å². The molecular weight excluding hydrogens is 368 g/mol. The summed E-state index contributed by atoms with van der Waals surface area (Å²) in [4.78, 5) is 25.8. The Labute approximate surface area is 160 Å². The van der Waals surface area contributed by atoms with Crippen LogP contribution in [0, 0.1) is 5.92 Å². The van der Waals surface area contributed by atoms with Crippen LogP contribution in [0.4, 0.5) is 8.78 Å². The Bertz CT molecular complexity index is 866. The van der Waals surface area contributed by atoms with Gasteiger partial charge in [-0.2, -0.15) is 0 Å². The van der Waals surface area contributed by atoms with Crippen molar-refractivity contribution in [2.75, 3.05) is 6.54 Å². The minimum Gasteiger partial charge on any atom is -0.347 e. The van der Waals surface area contributed by atoms with Crippen LogP contribution in [0.15, 0.2) is 36.5 Å². The first-order valence-electron chi connectivity index (χ1n) is 9.32. The quantitative estimate of drug-likeness (QED) is 0.818. The van der Waals surface area contributed by atoms with Gasteiger partial charge in [0.25, 0.3) is 11.8 Å². The molecule has 2 heterocycles. The fourth-order valence-corrected chi connectivity index (χ4v) is 3.46. The van der Waals surface area contributed by atoms with Crippen molar-refractivity contribution >= 4 is 11.8 Å². The molecule has 2 aliphatic rings. The molecule has 1 aromatic heterocycles. The van der Waals surface area contributed by atoms with Crippen molar-refractivity contribution in [3.05, 3.63) is 47.8 Å². The first kappa shape index (κ1) is 18.5. The highest BCUT2D eigenvalue weighted by Gasteiger charge is 2.49. The molecule has 9 heteroatoms. The van der Waals surface area contributed by atoms with Gasteiger partial charge in [0.2, 0.25) is 5.91 Å². The number of carbonyl (C=O) groups is 2. The summed E-state index contributed by atoms with van der Waals surface area (Å²) in [5, 5.41) is 10.5. The molecule has 1 N–H and O–H groups in total. The number of hydrogen-bond donors (Lipinski definition) is 1. The monoisotopic (exact) mass is 389 g/mol. The van der Waals surface area contributed by atoms with Crippen molar-refractivity contribution in [3.63, 3.8) is 0 Å². The number of halogens is 2. The number of likely N-dealkylation sites (tertiary alicyclic amines) is 1. The predicted molar refractivity (Wildman–Crippen MR) is 95.4 cm³/mol. The first-order valence-corrected chi connectivity index (χ1v) is 9.32. The summed E-state index contributed by atoms with van der Waals surface area (Å²) in [6.07, 6.45) is 2.56. The molecule has 1 aromatic carbocycles. The third-order valence-corrected chi connectivity index (χ3v) is 5.05. The van der Waals surface area contributed by atoms with Crippen LogP contribution in [0.3, 0.4) is 0 Å². The van der Waals surface area contributed by atoms with Crippen molar-refractivity contribution < 1.29 is 18.4 Å². The highest BCUT2D eigenvalue weighted by molar-refractivity contribution is 5.91. The molecule has 1 aliphatic heterocycles. The van der Waals surface area contributed by atoms with Gasteiger partial charge in [0.1, 0.15) is 0 Å². The maximum atomic E-state index is 13.9. The van der Waals surface area contributed by atoms with E-state index < -0.39 is 30.8 Å². The molecule has 148 valence electrons. The fraction of sp³-hybridized carbons (Fsp3) is 0.474. The fourth-order valence-electron chi connectivity index (χ4n) is 3.46. The zero-order valence-corrected chi connectivity index (χ0v) is 15.2. The largest absolute Gasteiger partial charge is 0.347 e. The third kappa shape index (κ3) is 4.18. The summed E-state index contributed by atoms with van der Waals surface area (Å²) in [6, 6.07) is 8.78. The van der Waals surface area contributed by atoms with Crippen molar-refractivity contribution in [3.8, 4) is 0 Å². The van der Waals surface area contributed by atoms with Gasteiger partial charge in [-0.1, -0.05) is 35.5 Å². The highest BCUT2D eigenvalue weighted by Crippen LogP contribution is 2.38. The molecule has 1 atom stereocenters. The van der Waals surface area contributed by atoms with E-state index in [2.05, 4.69) is 15.6 Å². The minimum absolute atomic E-state index is 0.0903. The molecule has 1 saturated carbocycles. The molecule has 4 rings (SSSR count). The van der Waals surface area contributed by atoms with Crippen molar-refractivity contribution in [2.24, 2.45) is 5.92 Å². The summed E-state index contributed by atoms with van der Waals surface area (Å²) >= 11 is 0. The van der Waals surface area contributed by atoms with Crippen LogP contribution in [-0.4, -0.2) is 50.2 Å². The normalized spacial score (nSPS) is 20.9. The summed E-state index contributed by atoms with van der Waals surface area (Å²) in [5.74, 6) is -3.61. The van der Waals surface area contributed by atoms with Crippen LogP contribution in [0.5, 0.6) is 0 Å². The lowest BCUT2D eigenvalue weighted by Gasteiger charge is -2.23. The minimum atomic E-state index is -2.90. The van der Waals surface area contributed by atoms with Gasteiger partial charge in [0.15, 0.2) is 5.69 Å². The van der Waals surface area contributed by atoms with E-state index in [1.165, 1.54) is 15.8 Å². The average molecular weight is 389 g/mol. The third-order valence-electron chi connectivity index (χ3n) is 5.05. The smallest absolute Gasteiger partial charge is 0.273 e. The second kappa shape index (κ2) is 7.29. The highest BCUT2D eigenvalue weighted by atomic mass is 19.3. The number of alkyl halides is 2. The van der Waals surface area contributed by atoms with Gasteiger partial charge in [0, 0.05) is 18.9 Å². The molecule has 7 nitrogen and oxygen atoms in total. The van der Waals surface area contributed by atoms with Crippen LogP contribution in [0.25, 0.3) is 0 Å². The van der Waals surface area contributed by atoms with E-state index in [1.54, 1.807) is 0 Å². The second-order valence-corrected chi connectivity index (χ2v) is 7.45. The van der Waals surface area contributed by atoms with Crippen molar-refractivity contribution in [1.82, 2.24) is 25.2 Å². The second-order valence-electron chi connectivity index (χ2n) is 7.45. The molecule has 2 fully saturated rings. The molecule has 2 amide bonds.